The molecule has 1 aromatic carbocycles. The van der Waals surface area contributed by atoms with E-state index in [9.17, 15) is 0 Å². The van der Waals surface area contributed by atoms with Crippen LogP contribution in [0.25, 0.3) is 0 Å². The van der Waals surface area contributed by atoms with Crippen LogP contribution in [-0.4, -0.2) is 27.8 Å². The van der Waals surface area contributed by atoms with Crippen LogP contribution >= 0.6 is 15.9 Å². The van der Waals surface area contributed by atoms with Gasteiger partial charge in [0.05, 0.1) is 15.9 Å². The van der Waals surface area contributed by atoms with Crippen LogP contribution in [0.3, 0.4) is 0 Å². The van der Waals surface area contributed by atoms with Gasteiger partial charge in [0.15, 0.2) is 0 Å². The number of benzene rings is 1. The lowest BCUT2D eigenvalue weighted by Gasteiger charge is -2.19. The van der Waals surface area contributed by atoms with Crippen LogP contribution in [0, 0.1) is 0 Å². The summed E-state index contributed by atoms with van der Waals surface area (Å²) in [7, 11) is 2.02. The summed E-state index contributed by atoms with van der Waals surface area (Å²) in [5.74, 6) is 1.01. The van der Waals surface area contributed by atoms with Gasteiger partial charge < -0.3 is 4.74 Å². The van der Waals surface area contributed by atoms with E-state index >= 15 is 0 Å². The van der Waals surface area contributed by atoms with Gasteiger partial charge in [-0.3, -0.25) is 9.58 Å². The van der Waals surface area contributed by atoms with Gasteiger partial charge >= 0.3 is 0 Å². The Balaban J connectivity index is 1.81. The van der Waals surface area contributed by atoms with Crippen LogP contribution in [0.15, 0.2) is 28.7 Å². The van der Waals surface area contributed by atoms with Crippen LogP contribution in [0.4, 0.5) is 0 Å². The number of aryl methyl sites for hydroxylation is 2. The summed E-state index contributed by atoms with van der Waals surface area (Å²) in [4.78, 5) is 2.41. The predicted molar refractivity (Wildman–Crippen MR) is 86.3 cm³/mol. The summed E-state index contributed by atoms with van der Waals surface area (Å²) in [5.41, 5.74) is 3.61. The van der Waals surface area contributed by atoms with Gasteiger partial charge in [-0.25, -0.2) is 0 Å². The third-order valence-corrected chi connectivity index (χ3v) is 4.82. The second-order valence-electron chi connectivity index (χ2n) is 5.35. The van der Waals surface area contributed by atoms with Gasteiger partial charge in [0, 0.05) is 32.2 Å². The lowest BCUT2D eigenvalue weighted by molar-refractivity contribution is 0.215. The molecule has 2 aromatic rings. The van der Waals surface area contributed by atoms with E-state index in [4.69, 9.17) is 4.74 Å². The number of halogens is 1. The minimum atomic E-state index is 0.729. The van der Waals surface area contributed by atoms with E-state index in [-0.39, 0.29) is 0 Å². The first-order valence-electron chi connectivity index (χ1n) is 7.32. The highest BCUT2D eigenvalue weighted by Gasteiger charge is 2.19. The molecule has 5 heteroatoms. The highest BCUT2D eigenvalue weighted by atomic mass is 79.9. The smallest absolute Gasteiger partial charge is 0.123 e. The maximum Gasteiger partial charge on any atom is 0.123 e. The molecular formula is C16H20BrN3O. The zero-order valence-electron chi connectivity index (χ0n) is 12.5. The summed E-state index contributed by atoms with van der Waals surface area (Å²) in [5, 5.41) is 4.57. The summed E-state index contributed by atoms with van der Waals surface area (Å²) >= 11 is 3.70. The number of rotatable bonds is 3. The van der Waals surface area contributed by atoms with E-state index < -0.39 is 0 Å². The Morgan fingerprint density at radius 2 is 2.14 bits per heavy atom. The Hall–Kier alpha value is -1.33. The third-order valence-electron chi connectivity index (χ3n) is 3.91. The molecule has 0 fully saturated rings. The zero-order chi connectivity index (χ0) is 14.8. The Bertz CT molecular complexity index is 638. The lowest BCUT2D eigenvalue weighted by Crippen LogP contribution is -2.26. The number of hydrogen-bond acceptors (Lipinski definition) is 3. The Morgan fingerprint density at radius 3 is 2.90 bits per heavy atom. The van der Waals surface area contributed by atoms with Crippen molar-refractivity contribution in [3.05, 3.63) is 45.7 Å². The van der Waals surface area contributed by atoms with E-state index in [0.29, 0.717) is 0 Å². The van der Waals surface area contributed by atoms with Crippen molar-refractivity contribution in [1.82, 2.24) is 14.7 Å². The van der Waals surface area contributed by atoms with Crippen LogP contribution in [-0.2, 0) is 26.6 Å². The van der Waals surface area contributed by atoms with Crippen molar-refractivity contribution in [2.24, 2.45) is 7.05 Å². The molecule has 112 valence electrons. The Morgan fingerprint density at radius 1 is 1.33 bits per heavy atom. The maximum absolute atomic E-state index is 5.83. The van der Waals surface area contributed by atoms with Gasteiger partial charge in [-0.2, -0.15) is 5.10 Å². The molecule has 2 heterocycles. The SMILES string of the molecule is CCc1nn(C)c(CN2CCOc3ccccc3C2)c1Br. The Labute approximate surface area is 133 Å². The van der Waals surface area contributed by atoms with Crippen LogP contribution in [0.1, 0.15) is 23.9 Å². The highest BCUT2D eigenvalue weighted by molar-refractivity contribution is 9.10. The number of hydrogen-bond donors (Lipinski definition) is 0. The summed E-state index contributed by atoms with van der Waals surface area (Å²) in [6, 6.07) is 8.29. The number of ether oxygens (including phenoxy) is 1. The van der Waals surface area contributed by atoms with E-state index in [2.05, 4.69) is 45.0 Å². The van der Waals surface area contributed by atoms with Crippen molar-refractivity contribution in [3.8, 4) is 5.75 Å². The maximum atomic E-state index is 5.83. The molecule has 1 aromatic heterocycles. The quantitative estimate of drug-likeness (QED) is 0.852. The van der Waals surface area contributed by atoms with Gasteiger partial charge in [0.2, 0.25) is 0 Å². The summed E-state index contributed by atoms with van der Waals surface area (Å²) < 4.78 is 8.96. The number of aromatic nitrogens is 2. The van der Waals surface area contributed by atoms with E-state index in [1.54, 1.807) is 0 Å². The molecule has 0 saturated heterocycles. The largest absolute Gasteiger partial charge is 0.492 e. The number of para-hydroxylation sites is 1. The van der Waals surface area contributed by atoms with Gasteiger partial charge in [-0.1, -0.05) is 25.1 Å². The fourth-order valence-corrected chi connectivity index (χ4v) is 3.46. The number of nitrogens with zero attached hydrogens (tertiary/aromatic N) is 3. The fraction of sp³-hybridized carbons (Fsp3) is 0.438. The first kappa shape index (κ1) is 14.6. The number of fused-ring (bicyclic) bond motifs is 1. The van der Waals surface area contributed by atoms with Gasteiger partial charge in [-0.15, -0.1) is 0 Å². The fourth-order valence-electron chi connectivity index (χ4n) is 2.72. The van der Waals surface area contributed by atoms with Crippen molar-refractivity contribution < 1.29 is 4.74 Å². The van der Waals surface area contributed by atoms with Crippen LogP contribution < -0.4 is 4.74 Å². The third kappa shape index (κ3) is 2.99. The van der Waals surface area contributed by atoms with E-state index in [1.807, 2.05) is 23.9 Å². The van der Waals surface area contributed by atoms with Crippen molar-refractivity contribution in [3.63, 3.8) is 0 Å². The topological polar surface area (TPSA) is 30.3 Å². The molecule has 0 N–H and O–H groups in total. The van der Waals surface area contributed by atoms with Crippen molar-refractivity contribution in [1.29, 1.82) is 0 Å². The van der Waals surface area contributed by atoms with Crippen molar-refractivity contribution in [2.45, 2.75) is 26.4 Å². The molecule has 0 aliphatic carbocycles. The lowest BCUT2D eigenvalue weighted by atomic mass is 10.2. The Kier molecular flexibility index (Phi) is 4.31. The molecule has 1 aliphatic rings. The summed E-state index contributed by atoms with van der Waals surface area (Å²) in [6.45, 7) is 5.57. The first-order chi connectivity index (χ1) is 10.2. The van der Waals surface area contributed by atoms with Gasteiger partial charge in [-0.05, 0) is 28.4 Å². The molecule has 0 amide bonds. The van der Waals surface area contributed by atoms with Gasteiger partial charge in [0.1, 0.15) is 12.4 Å². The van der Waals surface area contributed by atoms with Crippen molar-refractivity contribution >= 4 is 15.9 Å². The molecule has 4 nitrogen and oxygen atoms in total. The molecule has 0 atom stereocenters. The minimum absolute atomic E-state index is 0.729. The average molecular weight is 350 g/mol. The van der Waals surface area contributed by atoms with Crippen LogP contribution in [0.5, 0.6) is 5.75 Å². The molecule has 0 spiro atoms. The van der Waals surface area contributed by atoms with Gasteiger partial charge in [0.25, 0.3) is 0 Å². The molecule has 0 bridgehead atoms. The molecule has 0 saturated carbocycles. The van der Waals surface area contributed by atoms with Crippen molar-refractivity contribution in [2.75, 3.05) is 13.2 Å². The predicted octanol–water partition coefficient (Wildman–Crippen LogP) is 3.14. The molecule has 0 unspecified atom stereocenters. The molecule has 1 aliphatic heterocycles. The van der Waals surface area contributed by atoms with Crippen LogP contribution in [0.2, 0.25) is 0 Å². The molecular weight excluding hydrogens is 330 g/mol. The molecule has 21 heavy (non-hydrogen) atoms. The second-order valence-corrected chi connectivity index (χ2v) is 6.14. The molecule has 0 radical (unpaired) electrons. The standard InChI is InChI=1S/C16H20BrN3O/c1-3-13-16(17)14(19(2)18-13)11-20-8-9-21-15-7-5-4-6-12(15)10-20/h4-7H,3,8-11H2,1-2H3. The minimum Gasteiger partial charge on any atom is -0.492 e. The zero-order valence-corrected chi connectivity index (χ0v) is 14.1. The normalized spacial score (nSPS) is 15.4. The monoisotopic (exact) mass is 349 g/mol. The molecule has 3 rings (SSSR count). The highest BCUT2D eigenvalue weighted by Crippen LogP contribution is 2.26. The first-order valence-corrected chi connectivity index (χ1v) is 8.11. The second kappa shape index (κ2) is 6.20. The summed E-state index contributed by atoms with van der Waals surface area (Å²) in [6.07, 6.45) is 0.945. The average Bonchev–Trinajstić information content (AvgIpc) is 2.67. The van der Waals surface area contributed by atoms with E-state index in [1.165, 1.54) is 11.3 Å². The van der Waals surface area contributed by atoms with E-state index in [0.717, 1.165) is 48.6 Å².